The molecule has 22 heavy (non-hydrogen) atoms. The Hall–Kier alpha value is -2.00. The van der Waals surface area contributed by atoms with E-state index in [1.54, 1.807) is 6.20 Å². The van der Waals surface area contributed by atoms with E-state index in [2.05, 4.69) is 10.3 Å². The predicted octanol–water partition coefficient (Wildman–Crippen LogP) is 3.02. The Morgan fingerprint density at radius 3 is 2.68 bits per heavy atom. The van der Waals surface area contributed by atoms with Crippen LogP contribution < -0.4 is 5.32 Å². The van der Waals surface area contributed by atoms with Gasteiger partial charge in [-0.25, -0.2) is 13.4 Å². The number of aromatic nitrogens is 1. The Morgan fingerprint density at radius 2 is 2.18 bits per heavy atom. The lowest BCUT2D eigenvalue weighted by molar-refractivity contribution is -0.384. The van der Waals surface area contributed by atoms with Crippen molar-refractivity contribution in [2.45, 2.75) is 24.3 Å². The molecule has 0 saturated heterocycles. The van der Waals surface area contributed by atoms with Gasteiger partial charge in [0.2, 0.25) is 0 Å². The second-order valence-electron chi connectivity index (χ2n) is 4.68. The Balaban J connectivity index is 2.40. The molecule has 1 unspecified atom stereocenters. The quantitative estimate of drug-likeness (QED) is 0.640. The van der Waals surface area contributed by atoms with Crippen molar-refractivity contribution < 1.29 is 13.3 Å². The summed E-state index contributed by atoms with van der Waals surface area (Å²) >= 11 is 1.46. The molecule has 1 aromatic carbocycles. The molecule has 0 spiro atoms. The van der Waals surface area contributed by atoms with Crippen molar-refractivity contribution in [1.82, 2.24) is 4.98 Å². The van der Waals surface area contributed by atoms with Crippen molar-refractivity contribution in [2.75, 3.05) is 11.6 Å². The second-order valence-corrected chi connectivity index (χ2v) is 7.63. The molecule has 0 amide bonds. The van der Waals surface area contributed by atoms with E-state index in [9.17, 15) is 18.5 Å². The first kappa shape index (κ1) is 16.4. The van der Waals surface area contributed by atoms with Crippen molar-refractivity contribution in [2.24, 2.45) is 0 Å². The Kier molecular flexibility index (Phi) is 4.77. The van der Waals surface area contributed by atoms with Gasteiger partial charge in [0.15, 0.2) is 9.84 Å². The Bertz CT molecular complexity index is 773. The molecule has 1 atom stereocenters. The average molecular weight is 341 g/mol. The van der Waals surface area contributed by atoms with Gasteiger partial charge in [0.1, 0.15) is 10.7 Å². The molecule has 7 nitrogen and oxygen atoms in total. The third-order valence-corrected chi connectivity index (χ3v) is 5.08. The highest BCUT2D eigenvalue weighted by Crippen LogP contribution is 2.32. The van der Waals surface area contributed by atoms with Crippen LogP contribution in [0.15, 0.2) is 34.7 Å². The van der Waals surface area contributed by atoms with Crippen LogP contribution in [0.25, 0.3) is 0 Å². The predicted molar refractivity (Wildman–Crippen MR) is 85.0 cm³/mol. The van der Waals surface area contributed by atoms with Crippen LogP contribution in [0.4, 0.5) is 11.4 Å². The summed E-state index contributed by atoms with van der Waals surface area (Å²) in [5.74, 6) is 0. The molecule has 9 heteroatoms. The zero-order chi connectivity index (χ0) is 16.3. The maximum absolute atomic E-state index is 11.5. The molecular formula is C13H15N3O4S2. The number of sulfone groups is 1. The van der Waals surface area contributed by atoms with Crippen LogP contribution >= 0.6 is 11.3 Å². The Labute approximate surface area is 132 Å². The zero-order valence-corrected chi connectivity index (χ0v) is 13.6. The number of nitro benzene ring substituents is 1. The maximum atomic E-state index is 11.5. The molecule has 0 fully saturated rings. The lowest BCUT2D eigenvalue weighted by Gasteiger charge is -2.16. The SMILES string of the molecule is CCC(Nc1ccc(S(C)(=O)=O)cc1[N+](=O)[O-])c1nccs1. The van der Waals surface area contributed by atoms with Crippen LogP contribution in [0.5, 0.6) is 0 Å². The minimum atomic E-state index is -3.50. The molecule has 0 aliphatic heterocycles. The minimum absolute atomic E-state index is 0.0768. The molecule has 0 aliphatic carbocycles. The van der Waals surface area contributed by atoms with E-state index >= 15 is 0 Å². The number of nitrogens with zero attached hydrogens (tertiary/aromatic N) is 2. The fraction of sp³-hybridized carbons (Fsp3) is 0.308. The van der Waals surface area contributed by atoms with E-state index < -0.39 is 14.8 Å². The third-order valence-electron chi connectivity index (χ3n) is 3.08. The molecule has 1 aromatic heterocycles. The lowest BCUT2D eigenvalue weighted by Crippen LogP contribution is -2.11. The van der Waals surface area contributed by atoms with Crippen LogP contribution in [0, 0.1) is 10.1 Å². The van der Waals surface area contributed by atoms with E-state index in [1.807, 2.05) is 12.3 Å². The number of thiazole rings is 1. The number of rotatable bonds is 6. The molecule has 0 radical (unpaired) electrons. The first-order chi connectivity index (χ1) is 10.3. The van der Waals surface area contributed by atoms with Gasteiger partial charge >= 0.3 is 0 Å². The van der Waals surface area contributed by atoms with Gasteiger partial charge in [0.05, 0.1) is 15.9 Å². The topological polar surface area (TPSA) is 102 Å². The van der Waals surface area contributed by atoms with Crippen LogP contribution in [0.2, 0.25) is 0 Å². The van der Waals surface area contributed by atoms with Crippen molar-refractivity contribution in [3.8, 4) is 0 Å². The van der Waals surface area contributed by atoms with E-state index in [-0.39, 0.29) is 22.3 Å². The molecule has 1 heterocycles. The minimum Gasteiger partial charge on any atom is -0.370 e. The van der Waals surface area contributed by atoms with Gasteiger partial charge < -0.3 is 5.32 Å². The number of hydrogen-bond donors (Lipinski definition) is 1. The van der Waals surface area contributed by atoms with E-state index in [4.69, 9.17) is 0 Å². The van der Waals surface area contributed by atoms with Crippen LogP contribution in [0.3, 0.4) is 0 Å². The van der Waals surface area contributed by atoms with Crippen molar-refractivity contribution in [3.05, 3.63) is 44.9 Å². The van der Waals surface area contributed by atoms with Crippen LogP contribution in [-0.4, -0.2) is 24.6 Å². The second kappa shape index (κ2) is 6.41. The average Bonchev–Trinajstić information content (AvgIpc) is 2.97. The number of hydrogen-bond acceptors (Lipinski definition) is 7. The largest absolute Gasteiger partial charge is 0.370 e. The number of nitrogens with one attached hydrogen (secondary N) is 1. The summed E-state index contributed by atoms with van der Waals surface area (Å²) in [6.45, 7) is 1.94. The standard InChI is InChI=1S/C13H15N3O4S2/c1-3-10(13-14-6-7-21-13)15-11-5-4-9(22(2,19)20)8-12(11)16(17)18/h4-8,10,15H,3H2,1-2H3. The summed E-state index contributed by atoms with van der Waals surface area (Å²) in [6, 6.07) is 3.69. The lowest BCUT2D eigenvalue weighted by atomic mass is 10.2. The van der Waals surface area contributed by atoms with Gasteiger partial charge in [-0.15, -0.1) is 11.3 Å². The summed E-state index contributed by atoms with van der Waals surface area (Å²) in [4.78, 5) is 14.8. The van der Waals surface area contributed by atoms with Gasteiger partial charge in [-0.3, -0.25) is 10.1 Å². The first-order valence-corrected chi connectivity index (χ1v) is 9.24. The van der Waals surface area contributed by atoms with Crippen LogP contribution in [-0.2, 0) is 9.84 Å². The molecule has 1 N–H and O–H groups in total. The monoisotopic (exact) mass is 341 g/mol. The van der Waals surface area contributed by atoms with Gasteiger partial charge in [-0.05, 0) is 18.6 Å². The summed E-state index contributed by atoms with van der Waals surface area (Å²) in [7, 11) is -3.50. The number of benzene rings is 1. The highest BCUT2D eigenvalue weighted by Gasteiger charge is 2.21. The van der Waals surface area contributed by atoms with E-state index in [0.29, 0.717) is 6.42 Å². The molecular weight excluding hydrogens is 326 g/mol. The van der Waals surface area contributed by atoms with Gasteiger partial charge in [0.25, 0.3) is 5.69 Å². The fourth-order valence-corrected chi connectivity index (χ4v) is 3.36. The third kappa shape index (κ3) is 3.60. The molecule has 0 saturated carbocycles. The molecule has 118 valence electrons. The number of nitro groups is 1. The maximum Gasteiger partial charge on any atom is 0.293 e. The van der Waals surface area contributed by atoms with E-state index in [1.165, 1.54) is 23.5 Å². The highest BCUT2D eigenvalue weighted by molar-refractivity contribution is 7.90. The summed E-state index contributed by atoms with van der Waals surface area (Å²) in [5, 5.41) is 16.9. The normalized spacial score (nSPS) is 12.8. The number of anilines is 1. The van der Waals surface area contributed by atoms with Gasteiger partial charge in [0, 0.05) is 23.9 Å². The molecule has 2 rings (SSSR count). The first-order valence-electron chi connectivity index (χ1n) is 6.47. The van der Waals surface area contributed by atoms with Crippen molar-refractivity contribution in [1.29, 1.82) is 0 Å². The van der Waals surface area contributed by atoms with E-state index in [0.717, 1.165) is 17.3 Å². The summed E-state index contributed by atoms with van der Waals surface area (Å²) in [6.07, 6.45) is 3.38. The van der Waals surface area contributed by atoms with Crippen molar-refractivity contribution >= 4 is 32.5 Å². The van der Waals surface area contributed by atoms with Gasteiger partial charge in [-0.2, -0.15) is 0 Å². The Morgan fingerprint density at radius 1 is 1.45 bits per heavy atom. The zero-order valence-electron chi connectivity index (χ0n) is 12.0. The van der Waals surface area contributed by atoms with Crippen LogP contribution in [0.1, 0.15) is 24.4 Å². The summed E-state index contributed by atoms with van der Waals surface area (Å²) in [5.41, 5.74) is 0.0115. The summed E-state index contributed by atoms with van der Waals surface area (Å²) < 4.78 is 23.1. The van der Waals surface area contributed by atoms with Gasteiger partial charge in [-0.1, -0.05) is 6.92 Å². The smallest absolute Gasteiger partial charge is 0.293 e. The molecule has 0 bridgehead atoms. The molecule has 0 aliphatic rings. The molecule has 2 aromatic rings. The highest BCUT2D eigenvalue weighted by atomic mass is 32.2. The fourth-order valence-electron chi connectivity index (χ4n) is 1.95. The van der Waals surface area contributed by atoms with Crippen molar-refractivity contribution in [3.63, 3.8) is 0 Å².